The van der Waals surface area contributed by atoms with Crippen LogP contribution in [0.4, 0.5) is 5.69 Å². The summed E-state index contributed by atoms with van der Waals surface area (Å²) in [6.45, 7) is 0. The van der Waals surface area contributed by atoms with E-state index in [2.05, 4.69) is 0 Å². The van der Waals surface area contributed by atoms with Crippen molar-refractivity contribution < 1.29 is 0 Å². The fraction of sp³-hybridized carbons (Fsp3) is 0. The van der Waals surface area contributed by atoms with Crippen LogP contribution in [0.25, 0.3) is 5.70 Å². The highest BCUT2D eigenvalue weighted by Crippen LogP contribution is 2.13. The van der Waals surface area contributed by atoms with Gasteiger partial charge in [0, 0.05) is 16.8 Å². The Bertz CT molecular complexity index is 296. The highest BCUT2D eigenvalue weighted by atomic mass is 32.2. The van der Waals surface area contributed by atoms with E-state index in [1.54, 1.807) is 5.41 Å². The molecule has 0 spiro atoms. The van der Waals surface area contributed by atoms with Crippen molar-refractivity contribution in [2.45, 2.75) is 0 Å². The lowest BCUT2D eigenvalue weighted by molar-refractivity contribution is 1.53. The molecular weight excluding hydrogens is 170 g/mol. The van der Waals surface area contributed by atoms with E-state index < -0.39 is 0 Å². The highest BCUT2D eigenvalue weighted by Gasteiger charge is 1.95. The smallest absolute Gasteiger partial charge is 0.0465 e. The van der Waals surface area contributed by atoms with Gasteiger partial charge in [0.15, 0.2) is 0 Å². The largest absolute Gasteiger partial charge is 0.399 e. The molecule has 0 heterocycles. The molecule has 0 amide bonds. The molecule has 64 valence electrons. The van der Waals surface area contributed by atoms with Crippen LogP contribution in [0.2, 0.25) is 0 Å². The summed E-state index contributed by atoms with van der Waals surface area (Å²) in [5.74, 6) is 0. The first-order chi connectivity index (χ1) is 5.74. The van der Waals surface area contributed by atoms with Crippen LogP contribution < -0.4 is 16.6 Å². The standard InChI is InChI=1S/C8H11N3S/c9-7-3-1-2-6(4-7)8(10)5-12-11/h1-5H,9-11H2/b8-5-. The Balaban J connectivity index is 2.95. The first-order valence-corrected chi connectivity index (χ1v) is 4.35. The maximum Gasteiger partial charge on any atom is 0.0465 e. The fourth-order valence-electron chi connectivity index (χ4n) is 0.860. The third-order valence-electron chi connectivity index (χ3n) is 1.41. The molecular formula is C8H11N3S. The van der Waals surface area contributed by atoms with E-state index in [-0.39, 0.29) is 0 Å². The maximum atomic E-state index is 5.68. The summed E-state index contributed by atoms with van der Waals surface area (Å²) >= 11 is 1.08. The number of nitrogens with two attached hydrogens (primary N) is 3. The van der Waals surface area contributed by atoms with Gasteiger partial charge < -0.3 is 11.5 Å². The molecule has 0 saturated carbocycles. The zero-order valence-electron chi connectivity index (χ0n) is 6.53. The number of nitrogen functional groups attached to an aromatic ring is 1. The van der Waals surface area contributed by atoms with Crippen molar-refractivity contribution in [2.75, 3.05) is 5.73 Å². The van der Waals surface area contributed by atoms with E-state index in [0.717, 1.165) is 17.5 Å². The molecule has 0 saturated heterocycles. The molecule has 1 rings (SSSR count). The SMILES string of the molecule is NS/C=C(\N)c1cccc(N)c1. The molecule has 0 atom stereocenters. The van der Waals surface area contributed by atoms with Crippen LogP contribution in [0.3, 0.4) is 0 Å². The maximum absolute atomic E-state index is 5.68. The van der Waals surface area contributed by atoms with E-state index in [9.17, 15) is 0 Å². The zero-order chi connectivity index (χ0) is 8.97. The van der Waals surface area contributed by atoms with Crippen LogP contribution in [-0.4, -0.2) is 0 Å². The number of benzene rings is 1. The second-order valence-electron chi connectivity index (χ2n) is 2.33. The van der Waals surface area contributed by atoms with Crippen LogP contribution in [0.5, 0.6) is 0 Å². The van der Waals surface area contributed by atoms with Crippen LogP contribution >= 0.6 is 11.9 Å². The quantitative estimate of drug-likeness (QED) is 0.472. The minimum atomic E-state index is 0.634. The van der Waals surface area contributed by atoms with Crippen molar-refractivity contribution in [3.05, 3.63) is 35.2 Å². The van der Waals surface area contributed by atoms with Crippen molar-refractivity contribution >= 4 is 23.3 Å². The van der Waals surface area contributed by atoms with Gasteiger partial charge in [0.05, 0.1) is 0 Å². The lowest BCUT2D eigenvalue weighted by Gasteiger charge is -2.01. The Morgan fingerprint density at radius 2 is 2.17 bits per heavy atom. The molecule has 3 nitrogen and oxygen atoms in total. The zero-order valence-corrected chi connectivity index (χ0v) is 7.34. The number of anilines is 1. The molecule has 0 bridgehead atoms. The predicted molar refractivity (Wildman–Crippen MR) is 54.8 cm³/mol. The van der Waals surface area contributed by atoms with Crippen LogP contribution in [0, 0.1) is 0 Å². The van der Waals surface area contributed by atoms with Crippen LogP contribution in [0.1, 0.15) is 5.56 Å². The van der Waals surface area contributed by atoms with Gasteiger partial charge in [-0.2, -0.15) is 0 Å². The molecule has 0 aliphatic heterocycles. The monoisotopic (exact) mass is 181 g/mol. The van der Waals surface area contributed by atoms with Gasteiger partial charge in [0.2, 0.25) is 0 Å². The molecule has 0 aliphatic carbocycles. The van der Waals surface area contributed by atoms with Crippen molar-refractivity contribution in [1.29, 1.82) is 0 Å². The predicted octanol–water partition coefficient (Wildman–Crippen LogP) is 1.13. The summed E-state index contributed by atoms with van der Waals surface area (Å²) < 4.78 is 0. The average Bonchev–Trinajstić information content (AvgIpc) is 2.05. The molecule has 1 aromatic carbocycles. The Hall–Kier alpha value is -1.13. The second kappa shape index (κ2) is 4.04. The number of rotatable bonds is 2. The molecule has 0 aromatic heterocycles. The van der Waals surface area contributed by atoms with Crippen molar-refractivity contribution in [1.82, 2.24) is 0 Å². The van der Waals surface area contributed by atoms with Gasteiger partial charge in [-0.25, -0.2) is 0 Å². The summed E-state index contributed by atoms with van der Waals surface area (Å²) in [5, 5.41) is 6.91. The molecule has 0 radical (unpaired) electrons. The van der Waals surface area contributed by atoms with Gasteiger partial charge in [0.1, 0.15) is 0 Å². The Morgan fingerprint density at radius 1 is 1.42 bits per heavy atom. The summed E-state index contributed by atoms with van der Waals surface area (Å²) in [6, 6.07) is 7.36. The third-order valence-corrected chi connectivity index (χ3v) is 1.80. The molecule has 4 heteroatoms. The van der Waals surface area contributed by atoms with Gasteiger partial charge >= 0.3 is 0 Å². The van der Waals surface area contributed by atoms with Gasteiger partial charge in [-0.1, -0.05) is 24.1 Å². The molecule has 12 heavy (non-hydrogen) atoms. The summed E-state index contributed by atoms with van der Waals surface area (Å²) in [6.07, 6.45) is 0. The van der Waals surface area contributed by atoms with Gasteiger partial charge in [-0.05, 0) is 17.7 Å². The van der Waals surface area contributed by atoms with E-state index in [1.165, 1.54) is 0 Å². The average molecular weight is 181 g/mol. The summed E-state index contributed by atoms with van der Waals surface area (Å²) in [5.41, 5.74) is 13.5. The molecule has 1 aromatic rings. The van der Waals surface area contributed by atoms with E-state index in [0.29, 0.717) is 11.4 Å². The van der Waals surface area contributed by atoms with Crippen LogP contribution in [-0.2, 0) is 0 Å². The third kappa shape index (κ3) is 2.18. The normalized spacial score (nSPS) is 11.6. The van der Waals surface area contributed by atoms with E-state index in [4.69, 9.17) is 16.6 Å². The van der Waals surface area contributed by atoms with Crippen LogP contribution in [0.15, 0.2) is 29.7 Å². The fourth-order valence-corrected chi connectivity index (χ4v) is 1.14. The summed E-state index contributed by atoms with van der Waals surface area (Å²) in [7, 11) is 0. The summed E-state index contributed by atoms with van der Waals surface area (Å²) in [4.78, 5) is 0. The van der Waals surface area contributed by atoms with Gasteiger partial charge in [-0.15, -0.1) is 0 Å². The molecule has 0 unspecified atom stereocenters. The van der Waals surface area contributed by atoms with E-state index >= 15 is 0 Å². The Kier molecular flexibility index (Phi) is 3.01. The Labute approximate surface area is 75.7 Å². The molecule has 6 N–H and O–H groups in total. The van der Waals surface area contributed by atoms with Crippen molar-refractivity contribution in [3.8, 4) is 0 Å². The number of hydrogen-bond donors (Lipinski definition) is 3. The highest BCUT2D eigenvalue weighted by molar-refractivity contribution is 8.00. The second-order valence-corrected chi connectivity index (χ2v) is 2.84. The minimum Gasteiger partial charge on any atom is -0.399 e. The lowest BCUT2D eigenvalue weighted by Crippen LogP contribution is -1.97. The first kappa shape index (κ1) is 8.96. The molecule has 0 aliphatic rings. The minimum absolute atomic E-state index is 0.634. The number of hydrogen-bond acceptors (Lipinski definition) is 4. The molecule has 0 fully saturated rings. The topological polar surface area (TPSA) is 78.1 Å². The first-order valence-electron chi connectivity index (χ1n) is 3.41. The Morgan fingerprint density at radius 3 is 2.75 bits per heavy atom. The lowest BCUT2D eigenvalue weighted by atomic mass is 10.1. The van der Waals surface area contributed by atoms with Crippen molar-refractivity contribution in [2.24, 2.45) is 10.9 Å². The van der Waals surface area contributed by atoms with E-state index in [1.807, 2.05) is 24.3 Å². The van der Waals surface area contributed by atoms with Gasteiger partial charge in [-0.3, -0.25) is 5.14 Å². The van der Waals surface area contributed by atoms with Gasteiger partial charge in [0.25, 0.3) is 0 Å². The van der Waals surface area contributed by atoms with Crippen molar-refractivity contribution in [3.63, 3.8) is 0 Å².